The third kappa shape index (κ3) is 4.29. The molecule has 4 rings (SSSR count). The Hall–Kier alpha value is -4.34. The van der Waals surface area contributed by atoms with Crippen LogP contribution in [0.25, 0.3) is 22.1 Å². The molecule has 2 heterocycles. The summed E-state index contributed by atoms with van der Waals surface area (Å²) in [5.41, 5.74) is -1.85. The average Bonchev–Trinajstić information content (AvgIpc) is 2.83. The van der Waals surface area contributed by atoms with Gasteiger partial charge in [0.05, 0.1) is 30.7 Å². The fourth-order valence-electron chi connectivity index (χ4n) is 3.34. The molecule has 2 aromatic heterocycles. The molecule has 0 amide bonds. The van der Waals surface area contributed by atoms with Crippen LogP contribution in [-0.4, -0.2) is 25.2 Å². The topological polar surface area (TPSA) is 87.9 Å². The normalized spacial score (nSPS) is 11.3. The Balaban J connectivity index is 1.85. The molecule has 10 heteroatoms. The van der Waals surface area contributed by atoms with Crippen molar-refractivity contribution in [2.45, 2.75) is 6.18 Å². The summed E-state index contributed by atoms with van der Waals surface area (Å²) in [7, 11) is 2.70. The Morgan fingerprint density at radius 1 is 0.941 bits per heavy atom. The highest BCUT2D eigenvalue weighted by Crippen LogP contribution is 2.40. The number of aromatic nitrogens is 1. The second-order valence-electron chi connectivity index (χ2n) is 6.99. The number of carbonyl (C=O) groups is 1. The van der Waals surface area contributed by atoms with Crippen LogP contribution in [0.2, 0.25) is 0 Å². The van der Waals surface area contributed by atoms with Crippen LogP contribution in [0, 0.1) is 0 Å². The quantitative estimate of drug-likeness (QED) is 0.295. The van der Waals surface area contributed by atoms with E-state index in [0.717, 1.165) is 6.07 Å². The van der Waals surface area contributed by atoms with E-state index in [1.807, 2.05) is 0 Å². The number of hydrogen-bond acceptors (Lipinski definition) is 7. The number of halogens is 3. The number of hydrogen-bond donors (Lipinski definition) is 0. The van der Waals surface area contributed by atoms with Gasteiger partial charge in [-0.2, -0.15) is 13.2 Å². The van der Waals surface area contributed by atoms with Crippen molar-refractivity contribution in [3.63, 3.8) is 0 Å². The molecule has 0 aliphatic heterocycles. The first-order valence-corrected chi connectivity index (χ1v) is 9.75. The van der Waals surface area contributed by atoms with E-state index in [0.29, 0.717) is 0 Å². The lowest BCUT2D eigenvalue weighted by Gasteiger charge is -2.15. The Labute approximate surface area is 190 Å². The van der Waals surface area contributed by atoms with E-state index in [1.165, 1.54) is 69.1 Å². The van der Waals surface area contributed by atoms with Crippen LogP contribution in [0.1, 0.15) is 16.1 Å². The first kappa shape index (κ1) is 22.8. The summed E-state index contributed by atoms with van der Waals surface area (Å²) in [6, 6.07) is 10.4. The van der Waals surface area contributed by atoms with Crippen LogP contribution in [0.15, 0.2) is 70.1 Å². The number of pyridine rings is 1. The van der Waals surface area contributed by atoms with Crippen LogP contribution in [0.4, 0.5) is 13.2 Å². The molecular weight excluding hydrogens is 455 g/mol. The molecule has 0 bridgehead atoms. The predicted octanol–water partition coefficient (Wildman–Crippen LogP) is 5.11. The second kappa shape index (κ2) is 8.89. The molecule has 0 saturated heterocycles. The zero-order valence-corrected chi connectivity index (χ0v) is 17.8. The zero-order chi connectivity index (χ0) is 24.5. The van der Waals surface area contributed by atoms with E-state index in [1.54, 1.807) is 0 Å². The molecule has 0 fully saturated rings. The van der Waals surface area contributed by atoms with Crippen molar-refractivity contribution in [2.24, 2.45) is 0 Å². The first-order chi connectivity index (χ1) is 16.2. The van der Waals surface area contributed by atoms with Gasteiger partial charge < -0.3 is 18.6 Å². The van der Waals surface area contributed by atoms with Crippen LogP contribution in [0.5, 0.6) is 17.2 Å². The van der Waals surface area contributed by atoms with E-state index in [9.17, 15) is 22.8 Å². The number of alkyl halides is 3. The predicted molar refractivity (Wildman–Crippen MR) is 115 cm³/mol. The van der Waals surface area contributed by atoms with Crippen LogP contribution in [0.3, 0.4) is 0 Å². The lowest BCUT2D eigenvalue weighted by atomic mass is 10.0. The maximum atomic E-state index is 13.9. The number of methoxy groups -OCH3 is 2. The third-order valence-corrected chi connectivity index (χ3v) is 4.92. The van der Waals surface area contributed by atoms with Gasteiger partial charge in [0.15, 0.2) is 11.5 Å². The molecule has 0 radical (unpaired) electrons. The van der Waals surface area contributed by atoms with Crippen molar-refractivity contribution >= 4 is 16.9 Å². The van der Waals surface area contributed by atoms with Gasteiger partial charge >= 0.3 is 12.1 Å². The van der Waals surface area contributed by atoms with Crippen molar-refractivity contribution < 1.29 is 36.6 Å². The van der Waals surface area contributed by atoms with Crippen molar-refractivity contribution in [3.05, 3.63) is 82.5 Å². The largest absolute Gasteiger partial charge is 0.493 e. The smallest absolute Gasteiger partial charge is 0.450 e. The van der Waals surface area contributed by atoms with Gasteiger partial charge in [0.1, 0.15) is 11.3 Å². The second-order valence-corrected chi connectivity index (χ2v) is 6.99. The number of fused-ring (bicyclic) bond motifs is 1. The van der Waals surface area contributed by atoms with Crippen molar-refractivity contribution in [2.75, 3.05) is 14.2 Å². The van der Waals surface area contributed by atoms with E-state index in [-0.39, 0.29) is 39.3 Å². The third-order valence-electron chi connectivity index (χ3n) is 4.92. The van der Waals surface area contributed by atoms with Crippen molar-refractivity contribution in [1.29, 1.82) is 0 Å². The molecule has 0 aliphatic rings. The number of nitrogens with zero attached hydrogens (tertiary/aromatic N) is 1. The van der Waals surface area contributed by atoms with Crippen molar-refractivity contribution in [3.8, 4) is 28.4 Å². The van der Waals surface area contributed by atoms with Crippen LogP contribution >= 0.6 is 0 Å². The van der Waals surface area contributed by atoms with Gasteiger partial charge in [-0.1, -0.05) is 6.07 Å². The monoisotopic (exact) mass is 471 g/mol. The highest BCUT2D eigenvalue weighted by molar-refractivity contribution is 5.91. The number of benzene rings is 2. The molecular formula is C24H16F3NO6. The SMILES string of the molecule is COc1ccc(-c2c(C(F)(F)F)oc3cc(OC(=O)c4ccncc4)ccc3c2=O)cc1OC. The Kier molecular flexibility index (Phi) is 5.97. The molecule has 0 atom stereocenters. The van der Waals surface area contributed by atoms with E-state index in [4.69, 9.17) is 18.6 Å². The molecule has 0 saturated carbocycles. The summed E-state index contributed by atoms with van der Waals surface area (Å²) in [5, 5.41) is -0.124. The molecule has 0 spiro atoms. The molecule has 34 heavy (non-hydrogen) atoms. The minimum absolute atomic E-state index is 0.0613. The molecule has 174 valence electrons. The van der Waals surface area contributed by atoms with Gasteiger partial charge in [-0.05, 0) is 42.0 Å². The summed E-state index contributed by atoms with van der Waals surface area (Å²) in [6.45, 7) is 0. The molecule has 0 N–H and O–H groups in total. The van der Waals surface area contributed by atoms with Gasteiger partial charge in [0.2, 0.25) is 11.2 Å². The standard InChI is InChI=1S/C24H16F3NO6/c1-31-17-6-3-14(11-19(17)32-2)20-21(29)16-5-4-15(12-18(16)34-22(20)24(25,26)27)33-23(30)13-7-9-28-10-8-13/h3-12H,1-2H3. The zero-order valence-electron chi connectivity index (χ0n) is 17.8. The maximum Gasteiger partial charge on any atom is 0.450 e. The lowest BCUT2D eigenvalue weighted by molar-refractivity contribution is -0.152. The first-order valence-electron chi connectivity index (χ1n) is 9.75. The Morgan fingerprint density at radius 2 is 1.65 bits per heavy atom. The van der Waals surface area contributed by atoms with Gasteiger partial charge in [0.25, 0.3) is 0 Å². The number of carbonyl (C=O) groups excluding carboxylic acids is 1. The number of esters is 1. The average molecular weight is 471 g/mol. The molecule has 0 unspecified atom stereocenters. The molecule has 0 aliphatic carbocycles. The van der Waals surface area contributed by atoms with E-state index in [2.05, 4.69) is 4.98 Å². The van der Waals surface area contributed by atoms with Gasteiger partial charge in [0, 0.05) is 18.5 Å². The van der Waals surface area contributed by atoms with Crippen molar-refractivity contribution in [1.82, 2.24) is 4.98 Å². The number of ether oxygens (including phenoxy) is 3. The maximum absolute atomic E-state index is 13.9. The molecule has 4 aromatic rings. The highest BCUT2D eigenvalue weighted by Gasteiger charge is 2.39. The fraction of sp³-hybridized carbons (Fsp3) is 0.125. The highest BCUT2D eigenvalue weighted by atomic mass is 19.4. The summed E-state index contributed by atoms with van der Waals surface area (Å²) in [4.78, 5) is 29.2. The van der Waals surface area contributed by atoms with Gasteiger partial charge in [-0.15, -0.1) is 0 Å². The molecule has 7 nitrogen and oxygen atoms in total. The fourth-order valence-corrected chi connectivity index (χ4v) is 3.34. The summed E-state index contributed by atoms with van der Waals surface area (Å²) in [6.07, 6.45) is -2.21. The summed E-state index contributed by atoms with van der Waals surface area (Å²) in [5.74, 6) is -1.90. The lowest BCUT2D eigenvalue weighted by Crippen LogP contribution is -2.16. The summed E-state index contributed by atoms with van der Waals surface area (Å²) < 4.78 is 62.4. The summed E-state index contributed by atoms with van der Waals surface area (Å²) >= 11 is 0. The van der Waals surface area contributed by atoms with Gasteiger partial charge in [-0.3, -0.25) is 9.78 Å². The van der Waals surface area contributed by atoms with Crippen LogP contribution < -0.4 is 19.6 Å². The van der Waals surface area contributed by atoms with Crippen LogP contribution in [-0.2, 0) is 6.18 Å². The molecule has 2 aromatic carbocycles. The number of rotatable bonds is 5. The Morgan fingerprint density at radius 3 is 2.29 bits per heavy atom. The van der Waals surface area contributed by atoms with E-state index < -0.39 is 28.9 Å². The minimum atomic E-state index is -4.99. The minimum Gasteiger partial charge on any atom is -0.493 e. The Bertz CT molecular complexity index is 1430. The van der Waals surface area contributed by atoms with E-state index >= 15 is 0 Å². The van der Waals surface area contributed by atoms with Gasteiger partial charge in [-0.25, -0.2) is 4.79 Å².